The number of hydrogen-bond donors (Lipinski definition) is 2. The molecule has 0 fully saturated rings. The van der Waals surface area contributed by atoms with E-state index < -0.39 is 0 Å². The highest BCUT2D eigenvalue weighted by Crippen LogP contribution is 2.23. The van der Waals surface area contributed by atoms with Gasteiger partial charge in [-0.05, 0) is 33.8 Å². The van der Waals surface area contributed by atoms with Crippen LogP contribution in [0.1, 0.15) is 33.0 Å². The lowest BCUT2D eigenvalue weighted by atomic mass is 9.85. The summed E-state index contributed by atoms with van der Waals surface area (Å²) in [6, 6.07) is 2.16. The smallest absolute Gasteiger partial charge is 0.131 e. The van der Waals surface area contributed by atoms with E-state index in [1.54, 1.807) is 6.26 Å². The summed E-state index contributed by atoms with van der Waals surface area (Å²) >= 11 is 3.42. The molecule has 0 aliphatic heterocycles. The topological polar surface area (TPSA) is 45.4 Å². The lowest BCUT2D eigenvalue weighted by Gasteiger charge is -2.31. The molecule has 1 aromatic heterocycles. The van der Waals surface area contributed by atoms with Crippen molar-refractivity contribution in [2.75, 3.05) is 6.61 Å². The fourth-order valence-electron chi connectivity index (χ4n) is 1.64. The van der Waals surface area contributed by atoms with E-state index in [1.807, 2.05) is 6.07 Å². The molecule has 0 saturated carbocycles. The van der Waals surface area contributed by atoms with Gasteiger partial charge < -0.3 is 14.8 Å². The molecule has 0 aliphatic rings. The Morgan fingerprint density at radius 2 is 2.19 bits per heavy atom. The van der Waals surface area contributed by atoms with Crippen molar-refractivity contribution in [3.63, 3.8) is 0 Å². The van der Waals surface area contributed by atoms with E-state index in [9.17, 15) is 0 Å². The Bertz CT molecular complexity index is 317. The molecule has 0 spiro atoms. The molecule has 4 heteroatoms. The summed E-state index contributed by atoms with van der Waals surface area (Å²) in [7, 11) is 0. The van der Waals surface area contributed by atoms with Gasteiger partial charge in [-0.1, -0.05) is 20.8 Å². The van der Waals surface area contributed by atoms with Crippen LogP contribution in [0, 0.1) is 5.41 Å². The Morgan fingerprint density at radius 1 is 1.50 bits per heavy atom. The number of halogens is 1. The molecule has 0 amide bonds. The zero-order chi connectivity index (χ0) is 12.2. The largest absolute Gasteiger partial charge is 0.467 e. The summed E-state index contributed by atoms with van der Waals surface area (Å²) in [5, 5.41) is 12.5. The Labute approximate surface area is 105 Å². The van der Waals surface area contributed by atoms with Crippen LogP contribution in [0.3, 0.4) is 0 Å². The summed E-state index contributed by atoms with van der Waals surface area (Å²) in [6.45, 7) is 7.37. The molecule has 0 radical (unpaired) electrons. The highest BCUT2D eigenvalue weighted by molar-refractivity contribution is 9.10. The van der Waals surface area contributed by atoms with Crippen LogP contribution in [0.5, 0.6) is 0 Å². The van der Waals surface area contributed by atoms with Crippen LogP contribution >= 0.6 is 15.9 Å². The summed E-state index contributed by atoms with van der Waals surface area (Å²) in [5.41, 5.74) is 0.127. The molecule has 1 unspecified atom stereocenters. The van der Waals surface area contributed by atoms with Gasteiger partial charge in [-0.15, -0.1) is 0 Å². The molecular weight excluding hydrogens is 270 g/mol. The Kier molecular flexibility index (Phi) is 5.02. The van der Waals surface area contributed by atoms with Crippen molar-refractivity contribution >= 4 is 15.9 Å². The maximum atomic E-state index is 9.04. The number of nitrogens with one attached hydrogen (secondary N) is 1. The van der Waals surface area contributed by atoms with E-state index in [1.165, 1.54) is 0 Å². The first-order valence-electron chi connectivity index (χ1n) is 5.51. The van der Waals surface area contributed by atoms with Crippen LogP contribution < -0.4 is 5.32 Å². The van der Waals surface area contributed by atoms with E-state index in [0.29, 0.717) is 6.54 Å². The van der Waals surface area contributed by atoms with Crippen molar-refractivity contribution in [2.45, 2.75) is 39.8 Å². The highest BCUT2D eigenvalue weighted by atomic mass is 79.9. The van der Waals surface area contributed by atoms with Gasteiger partial charge in [-0.25, -0.2) is 0 Å². The van der Waals surface area contributed by atoms with Crippen molar-refractivity contribution < 1.29 is 9.52 Å². The molecule has 0 saturated heterocycles. The lowest BCUT2D eigenvalue weighted by molar-refractivity contribution is 0.194. The van der Waals surface area contributed by atoms with Crippen LogP contribution in [0.25, 0.3) is 0 Å². The molecule has 16 heavy (non-hydrogen) atoms. The van der Waals surface area contributed by atoms with Crippen LogP contribution in [0.15, 0.2) is 21.2 Å². The number of furan rings is 1. The SMILES string of the molecule is CC(C)(C)C(CCO)NCc1occc1Br. The third-order valence-electron chi connectivity index (χ3n) is 2.66. The van der Waals surface area contributed by atoms with Gasteiger partial charge in [0.05, 0.1) is 17.3 Å². The first-order chi connectivity index (χ1) is 7.45. The minimum absolute atomic E-state index is 0.127. The normalized spacial score (nSPS) is 14.1. The van der Waals surface area contributed by atoms with Gasteiger partial charge in [0, 0.05) is 12.6 Å². The molecular formula is C12H20BrNO2. The summed E-state index contributed by atoms with van der Waals surface area (Å²) in [6.07, 6.45) is 2.42. The van der Waals surface area contributed by atoms with Crippen molar-refractivity contribution in [1.29, 1.82) is 0 Å². The standard InChI is InChI=1S/C12H20BrNO2/c1-12(2,3)11(4-6-15)14-8-10-9(13)5-7-16-10/h5,7,11,14-15H,4,6,8H2,1-3H3. The minimum Gasteiger partial charge on any atom is -0.467 e. The van der Waals surface area contributed by atoms with Crippen LogP contribution in [-0.2, 0) is 6.54 Å². The number of rotatable bonds is 5. The van der Waals surface area contributed by atoms with Crippen molar-refractivity contribution in [3.8, 4) is 0 Å². The Balaban J connectivity index is 2.54. The second kappa shape index (κ2) is 5.84. The third kappa shape index (κ3) is 3.92. The van der Waals surface area contributed by atoms with E-state index in [4.69, 9.17) is 9.52 Å². The van der Waals surface area contributed by atoms with Gasteiger partial charge in [-0.3, -0.25) is 0 Å². The van der Waals surface area contributed by atoms with Gasteiger partial charge >= 0.3 is 0 Å². The molecule has 1 aromatic rings. The summed E-state index contributed by atoms with van der Waals surface area (Å²) < 4.78 is 6.32. The third-order valence-corrected chi connectivity index (χ3v) is 3.37. The first-order valence-corrected chi connectivity index (χ1v) is 6.30. The van der Waals surface area contributed by atoms with Gasteiger partial charge in [-0.2, -0.15) is 0 Å². The monoisotopic (exact) mass is 289 g/mol. The zero-order valence-corrected chi connectivity index (χ0v) is 11.7. The van der Waals surface area contributed by atoms with Crippen LogP contribution in [0.4, 0.5) is 0 Å². The van der Waals surface area contributed by atoms with E-state index >= 15 is 0 Å². The zero-order valence-electron chi connectivity index (χ0n) is 10.1. The molecule has 3 nitrogen and oxygen atoms in total. The lowest BCUT2D eigenvalue weighted by Crippen LogP contribution is -2.40. The quantitative estimate of drug-likeness (QED) is 0.876. The number of aliphatic hydroxyl groups is 1. The molecule has 1 heterocycles. The van der Waals surface area contributed by atoms with E-state index in [0.717, 1.165) is 16.7 Å². The molecule has 1 rings (SSSR count). The van der Waals surface area contributed by atoms with E-state index in [2.05, 4.69) is 42.0 Å². The van der Waals surface area contributed by atoms with Crippen LogP contribution in [-0.4, -0.2) is 17.8 Å². The second-order valence-electron chi connectivity index (χ2n) is 5.00. The summed E-state index contributed by atoms with van der Waals surface area (Å²) in [4.78, 5) is 0. The molecule has 0 aromatic carbocycles. The first kappa shape index (κ1) is 13.7. The fraction of sp³-hybridized carbons (Fsp3) is 0.667. The second-order valence-corrected chi connectivity index (χ2v) is 5.86. The Hall–Kier alpha value is -0.320. The predicted molar refractivity (Wildman–Crippen MR) is 68.2 cm³/mol. The molecule has 0 aliphatic carbocycles. The minimum atomic E-state index is 0.127. The highest BCUT2D eigenvalue weighted by Gasteiger charge is 2.23. The maximum Gasteiger partial charge on any atom is 0.131 e. The van der Waals surface area contributed by atoms with Crippen LogP contribution in [0.2, 0.25) is 0 Å². The molecule has 1 atom stereocenters. The molecule has 92 valence electrons. The van der Waals surface area contributed by atoms with Gasteiger partial charge in [0.2, 0.25) is 0 Å². The van der Waals surface area contributed by atoms with Gasteiger partial charge in [0.1, 0.15) is 5.76 Å². The van der Waals surface area contributed by atoms with Crippen molar-refractivity contribution in [2.24, 2.45) is 5.41 Å². The molecule has 0 bridgehead atoms. The maximum absolute atomic E-state index is 9.04. The van der Waals surface area contributed by atoms with Gasteiger partial charge in [0.15, 0.2) is 0 Å². The average molecular weight is 290 g/mol. The van der Waals surface area contributed by atoms with Crippen molar-refractivity contribution in [3.05, 3.63) is 22.6 Å². The Morgan fingerprint density at radius 3 is 2.62 bits per heavy atom. The van der Waals surface area contributed by atoms with E-state index in [-0.39, 0.29) is 18.1 Å². The average Bonchev–Trinajstić information content (AvgIpc) is 2.57. The van der Waals surface area contributed by atoms with Gasteiger partial charge in [0.25, 0.3) is 0 Å². The summed E-state index contributed by atoms with van der Waals surface area (Å²) in [5.74, 6) is 0.896. The number of aliphatic hydroxyl groups excluding tert-OH is 1. The molecule has 2 N–H and O–H groups in total. The van der Waals surface area contributed by atoms with Crippen molar-refractivity contribution in [1.82, 2.24) is 5.32 Å². The predicted octanol–water partition coefficient (Wildman–Crippen LogP) is 2.93. The number of hydrogen-bond acceptors (Lipinski definition) is 3. The fourth-order valence-corrected chi connectivity index (χ4v) is 1.98.